The first-order chi connectivity index (χ1) is 11.4. The van der Waals surface area contributed by atoms with Crippen molar-refractivity contribution in [3.8, 4) is 6.07 Å². The van der Waals surface area contributed by atoms with Crippen LogP contribution in [0.5, 0.6) is 0 Å². The first-order valence-electron chi connectivity index (χ1n) is 7.24. The van der Waals surface area contributed by atoms with Crippen molar-refractivity contribution in [3.63, 3.8) is 0 Å². The van der Waals surface area contributed by atoms with E-state index in [1.807, 2.05) is 0 Å². The van der Waals surface area contributed by atoms with Gasteiger partial charge < -0.3 is 15.2 Å². The number of hydrogen-bond donors (Lipinski definition) is 2. The molecule has 25 heavy (non-hydrogen) atoms. The van der Waals surface area contributed by atoms with Crippen molar-refractivity contribution >= 4 is 22.7 Å². The second-order valence-corrected chi connectivity index (χ2v) is 5.57. The molecule has 2 amide bonds. The van der Waals surface area contributed by atoms with Crippen LogP contribution < -0.4 is 5.32 Å². The molecule has 3 rings (SSSR count). The fourth-order valence-electron chi connectivity index (χ4n) is 2.74. The van der Waals surface area contributed by atoms with E-state index in [0.717, 1.165) is 4.90 Å². The van der Waals surface area contributed by atoms with Crippen molar-refractivity contribution in [2.24, 2.45) is 0 Å². The molecule has 1 radical (unpaired) electrons. The summed E-state index contributed by atoms with van der Waals surface area (Å²) in [7, 11) is 0. The first kappa shape index (κ1) is 18.9. The smallest absolute Gasteiger partial charge is 0.268 e. The van der Waals surface area contributed by atoms with Crippen molar-refractivity contribution in [1.82, 2.24) is 15.2 Å². The van der Waals surface area contributed by atoms with Crippen LogP contribution in [0.25, 0.3) is 10.9 Å². The van der Waals surface area contributed by atoms with E-state index in [1.54, 1.807) is 24.3 Å². The second-order valence-electron chi connectivity index (χ2n) is 5.57. The van der Waals surface area contributed by atoms with E-state index >= 15 is 0 Å². The number of fused-ring (bicyclic) bond motifs is 1. The van der Waals surface area contributed by atoms with Gasteiger partial charge in [0, 0.05) is 35.0 Å². The van der Waals surface area contributed by atoms with Gasteiger partial charge >= 0.3 is 0 Å². The van der Waals surface area contributed by atoms with E-state index in [9.17, 15) is 18.4 Å². The molecule has 1 aromatic carbocycles. The minimum atomic E-state index is -3.08. The van der Waals surface area contributed by atoms with Crippen LogP contribution in [0.3, 0.4) is 0 Å². The number of nitriles is 1. The molecule has 9 heteroatoms. The molecule has 0 spiro atoms. The fraction of sp³-hybridized carbons (Fsp3) is 0.312. The van der Waals surface area contributed by atoms with Crippen molar-refractivity contribution < 1.29 is 35.1 Å². The Hall–Kier alpha value is -2.44. The predicted octanol–water partition coefficient (Wildman–Crippen LogP) is 1.46. The monoisotopic (exact) mass is 390 g/mol. The number of halogens is 2. The Balaban J connectivity index is 0.00000225. The molecule has 1 aliphatic rings. The number of rotatable bonds is 3. The Morgan fingerprint density at radius 1 is 1.52 bits per heavy atom. The molecule has 2 N–H and O–H groups in total. The van der Waals surface area contributed by atoms with E-state index in [2.05, 4.69) is 16.4 Å². The van der Waals surface area contributed by atoms with Gasteiger partial charge in [0.25, 0.3) is 5.92 Å². The Morgan fingerprint density at radius 2 is 2.28 bits per heavy atom. The normalized spacial score (nSPS) is 18.4. The standard InChI is InChI=1S/C16H13F2N4O2.Co/c17-16(18)5-10(6-19)22(9-16)14(23)8-21-15(24)12-7-20-13-4-2-1-3-11(12)13;/h1-3,7,10,20H,5,8-9H2,(H,21,24);/q-1;/t10-;/m0./s1. The van der Waals surface area contributed by atoms with Gasteiger partial charge in [-0.3, -0.25) is 9.59 Å². The van der Waals surface area contributed by atoms with Gasteiger partial charge in [0.15, 0.2) is 0 Å². The zero-order valence-electron chi connectivity index (χ0n) is 12.8. The summed E-state index contributed by atoms with van der Waals surface area (Å²) in [6.07, 6.45) is 0.810. The number of aromatic amines is 1. The van der Waals surface area contributed by atoms with Gasteiger partial charge in [-0.25, -0.2) is 8.78 Å². The summed E-state index contributed by atoms with van der Waals surface area (Å²) in [5.41, 5.74) is 0.982. The van der Waals surface area contributed by atoms with E-state index in [1.165, 1.54) is 6.20 Å². The topological polar surface area (TPSA) is 89.0 Å². The van der Waals surface area contributed by atoms with Gasteiger partial charge in [-0.15, -0.1) is 0 Å². The third-order valence-corrected chi connectivity index (χ3v) is 3.89. The number of benzene rings is 1. The van der Waals surface area contributed by atoms with Gasteiger partial charge in [0.1, 0.15) is 6.04 Å². The van der Waals surface area contributed by atoms with Crippen LogP contribution >= 0.6 is 0 Å². The van der Waals surface area contributed by atoms with E-state index in [4.69, 9.17) is 5.26 Å². The molecule has 6 nitrogen and oxygen atoms in total. The molecule has 1 fully saturated rings. The number of likely N-dealkylation sites (tertiary alicyclic amines) is 1. The number of hydrogen-bond acceptors (Lipinski definition) is 3. The Bertz CT molecular complexity index is 846. The minimum absolute atomic E-state index is 0. The largest absolute Gasteiger partial charge is 0.384 e. The SMILES string of the molecule is N#C[C@@H]1CC(F)(F)CN1C(=O)CNC(=O)c1c[nH]c2[c-]cccc12.[Co]. The van der Waals surface area contributed by atoms with Gasteiger partial charge in [-0.2, -0.15) is 29.5 Å². The van der Waals surface area contributed by atoms with Crippen molar-refractivity contribution in [3.05, 3.63) is 36.0 Å². The molecule has 1 aromatic heterocycles. The zero-order valence-corrected chi connectivity index (χ0v) is 13.8. The van der Waals surface area contributed by atoms with Crippen LogP contribution in [0.2, 0.25) is 0 Å². The number of aromatic nitrogens is 1. The molecule has 133 valence electrons. The summed E-state index contributed by atoms with van der Waals surface area (Å²) in [4.78, 5) is 27.9. The average molecular weight is 390 g/mol. The maximum absolute atomic E-state index is 13.3. The predicted molar refractivity (Wildman–Crippen MR) is 80.1 cm³/mol. The fourth-order valence-corrected chi connectivity index (χ4v) is 2.74. The van der Waals surface area contributed by atoms with Crippen LogP contribution in [-0.4, -0.2) is 46.8 Å². The van der Waals surface area contributed by atoms with Gasteiger partial charge in [0.2, 0.25) is 11.8 Å². The molecule has 1 aliphatic heterocycles. The number of para-hydroxylation sites is 1. The number of nitrogens with zero attached hydrogens (tertiary/aromatic N) is 2. The van der Waals surface area contributed by atoms with Crippen LogP contribution in [0.1, 0.15) is 16.8 Å². The van der Waals surface area contributed by atoms with Gasteiger partial charge in [-0.1, -0.05) is 10.9 Å². The van der Waals surface area contributed by atoms with Gasteiger partial charge in [-0.05, 0) is 0 Å². The number of alkyl halides is 2. The Morgan fingerprint density at radius 3 is 3.00 bits per heavy atom. The number of carbonyl (C=O) groups excluding carboxylic acids is 2. The first-order valence-corrected chi connectivity index (χ1v) is 7.24. The summed E-state index contributed by atoms with van der Waals surface area (Å²) in [5.74, 6) is -4.29. The van der Waals surface area contributed by atoms with E-state index < -0.39 is 43.3 Å². The molecule has 0 bridgehead atoms. The number of amides is 2. The molecule has 0 unspecified atom stereocenters. The van der Waals surface area contributed by atoms with Crippen molar-refractivity contribution in [2.75, 3.05) is 13.1 Å². The van der Waals surface area contributed by atoms with Crippen LogP contribution in [0, 0.1) is 17.4 Å². The molecular weight excluding hydrogens is 377 g/mol. The van der Waals surface area contributed by atoms with Crippen molar-refractivity contribution in [1.29, 1.82) is 5.26 Å². The van der Waals surface area contributed by atoms with Crippen molar-refractivity contribution in [2.45, 2.75) is 18.4 Å². The summed E-state index contributed by atoms with van der Waals surface area (Å²) >= 11 is 0. The summed E-state index contributed by atoms with van der Waals surface area (Å²) in [6.45, 7) is -1.25. The number of nitrogens with one attached hydrogen (secondary N) is 2. The Labute approximate surface area is 152 Å². The van der Waals surface area contributed by atoms with E-state index in [0.29, 0.717) is 16.5 Å². The average Bonchev–Trinajstić information content (AvgIpc) is 3.12. The maximum atomic E-state index is 13.3. The third kappa shape index (κ3) is 3.80. The quantitative estimate of drug-likeness (QED) is 0.778. The molecule has 2 heterocycles. The van der Waals surface area contributed by atoms with Gasteiger partial charge in [0.05, 0.1) is 19.2 Å². The summed E-state index contributed by atoms with van der Waals surface area (Å²) in [6, 6.07) is 8.59. The number of H-pyrrole nitrogens is 1. The minimum Gasteiger partial charge on any atom is -0.384 e. The molecule has 0 saturated carbocycles. The summed E-state index contributed by atoms with van der Waals surface area (Å²) < 4.78 is 26.7. The van der Waals surface area contributed by atoms with Crippen LogP contribution in [-0.2, 0) is 21.6 Å². The summed E-state index contributed by atoms with van der Waals surface area (Å²) in [5, 5.41) is 11.9. The number of carbonyl (C=O) groups is 2. The molecule has 2 aromatic rings. The van der Waals surface area contributed by atoms with Crippen LogP contribution in [0.4, 0.5) is 8.78 Å². The van der Waals surface area contributed by atoms with E-state index in [-0.39, 0.29) is 16.8 Å². The molecule has 1 atom stereocenters. The Kier molecular flexibility index (Phi) is 5.44. The molecule has 1 saturated heterocycles. The molecule has 0 aliphatic carbocycles. The van der Waals surface area contributed by atoms with Crippen LogP contribution in [0.15, 0.2) is 24.4 Å². The molecular formula is C16H13CoF2N4O2-. The maximum Gasteiger partial charge on any atom is 0.268 e. The third-order valence-electron chi connectivity index (χ3n) is 3.89. The zero-order chi connectivity index (χ0) is 17.3. The second kappa shape index (κ2) is 7.21.